The van der Waals surface area contributed by atoms with Gasteiger partial charge in [-0.05, 0) is 47.7 Å². The zero-order chi connectivity index (χ0) is 17.1. The second-order valence-corrected chi connectivity index (χ2v) is 4.62. The highest BCUT2D eigenvalue weighted by Crippen LogP contribution is 2.24. The molecule has 0 saturated heterocycles. The van der Waals surface area contributed by atoms with Gasteiger partial charge < -0.3 is 0 Å². The molecule has 116 valence electrons. The molecule has 2 aromatic carbocycles. The lowest BCUT2D eigenvalue weighted by atomic mass is 9.95. The molecule has 0 heterocycles. The van der Waals surface area contributed by atoms with Gasteiger partial charge in [-0.25, -0.2) is 4.39 Å². The Morgan fingerprint density at radius 2 is 1.50 bits per heavy atom. The maximum atomic E-state index is 12.9. The first-order chi connectivity index (χ1) is 10.6. The number of hydrogen-bond acceptors (Lipinski definition) is 0. The van der Waals surface area contributed by atoms with Crippen LogP contribution in [-0.2, 0) is 6.67 Å². The van der Waals surface area contributed by atoms with Crippen molar-refractivity contribution in [3.05, 3.63) is 103 Å². The first-order valence-corrected chi connectivity index (χ1v) is 7.03. The second-order valence-electron chi connectivity index (χ2n) is 4.62. The lowest BCUT2D eigenvalue weighted by Gasteiger charge is -2.10. The van der Waals surface area contributed by atoms with Gasteiger partial charge in [-0.1, -0.05) is 48.5 Å². The van der Waals surface area contributed by atoms with Crippen LogP contribution in [0.3, 0.4) is 0 Å². The van der Waals surface area contributed by atoms with E-state index in [2.05, 4.69) is 52.0 Å². The summed E-state index contributed by atoms with van der Waals surface area (Å²) in [7, 11) is 0. The standard InChI is InChI=1S/C17H17F.2C2H4/c1-12-5-4-6-15(9-12)14(3)16-8-7-13(2)17(10-16)11-18;2*1-2/h4-10H,3,11H2,1-2H3;2*1-2H2. The largest absolute Gasteiger partial charge is 0.246 e. The van der Waals surface area contributed by atoms with E-state index in [1.165, 1.54) is 5.56 Å². The average molecular weight is 296 g/mol. The van der Waals surface area contributed by atoms with Crippen molar-refractivity contribution >= 4 is 5.57 Å². The lowest BCUT2D eigenvalue weighted by Crippen LogP contribution is -1.91. The van der Waals surface area contributed by atoms with Crippen LogP contribution in [0.25, 0.3) is 5.57 Å². The third-order valence-corrected chi connectivity index (χ3v) is 3.21. The maximum absolute atomic E-state index is 12.9. The van der Waals surface area contributed by atoms with E-state index in [0.717, 1.165) is 27.8 Å². The fraction of sp³-hybridized carbons (Fsp3) is 0.143. The van der Waals surface area contributed by atoms with Crippen molar-refractivity contribution in [2.45, 2.75) is 20.5 Å². The Morgan fingerprint density at radius 1 is 0.909 bits per heavy atom. The van der Waals surface area contributed by atoms with Gasteiger partial charge in [0.1, 0.15) is 6.67 Å². The Labute approximate surface area is 134 Å². The molecule has 0 unspecified atom stereocenters. The summed E-state index contributed by atoms with van der Waals surface area (Å²) in [5, 5.41) is 0. The highest BCUT2D eigenvalue weighted by Gasteiger charge is 2.05. The summed E-state index contributed by atoms with van der Waals surface area (Å²) in [6.07, 6.45) is 0. The predicted molar refractivity (Wildman–Crippen MR) is 97.8 cm³/mol. The molecule has 0 amide bonds. The minimum absolute atomic E-state index is 0.430. The number of rotatable bonds is 3. The highest BCUT2D eigenvalue weighted by atomic mass is 19.1. The van der Waals surface area contributed by atoms with Gasteiger partial charge in [0.2, 0.25) is 0 Å². The molecule has 0 fully saturated rings. The van der Waals surface area contributed by atoms with E-state index in [9.17, 15) is 4.39 Å². The Balaban J connectivity index is 0.00000102. The molecule has 0 radical (unpaired) electrons. The fourth-order valence-corrected chi connectivity index (χ4v) is 2.00. The molecular formula is C21H25F. The molecule has 2 aromatic rings. The topological polar surface area (TPSA) is 0 Å². The molecule has 0 N–H and O–H groups in total. The second kappa shape index (κ2) is 10.3. The molecule has 0 aliphatic rings. The SMILES string of the molecule is C=C.C=C.C=C(c1cccc(C)c1)c1ccc(C)c(CF)c1. The van der Waals surface area contributed by atoms with Gasteiger partial charge in [0, 0.05) is 0 Å². The number of hydrogen-bond donors (Lipinski definition) is 0. The molecule has 2 rings (SSSR count). The van der Waals surface area contributed by atoms with E-state index < -0.39 is 6.67 Å². The van der Waals surface area contributed by atoms with Gasteiger partial charge in [0.25, 0.3) is 0 Å². The van der Waals surface area contributed by atoms with Gasteiger partial charge in [-0.2, -0.15) is 0 Å². The normalized spacial score (nSPS) is 8.86. The van der Waals surface area contributed by atoms with Crippen molar-refractivity contribution in [1.82, 2.24) is 0 Å². The maximum Gasteiger partial charge on any atom is 0.115 e. The Kier molecular flexibility index (Phi) is 9.20. The van der Waals surface area contributed by atoms with E-state index >= 15 is 0 Å². The molecule has 0 aliphatic heterocycles. The Morgan fingerprint density at radius 3 is 2.05 bits per heavy atom. The van der Waals surface area contributed by atoms with Gasteiger partial charge >= 0.3 is 0 Å². The van der Waals surface area contributed by atoms with Crippen LogP contribution in [0, 0.1) is 13.8 Å². The van der Waals surface area contributed by atoms with Crippen LogP contribution in [-0.4, -0.2) is 0 Å². The Bertz CT molecular complexity index is 609. The van der Waals surface area contributed by atoms with Gasteiger partial charge in [0.05, 0.1) is 0 Å². The molecule has 1 heteroatoms. The summed E-state index contributed by atoms with van der Waals surface area (Å²) >= 11 is 0. The van der Waals surface area contributed by atoms with Crippen LogP contribution < -0.4 is 0 Å². The lowest BCUT2D eigenvalue weighted by molar-refractivity contribution is 0.483. The van der Waals surface area contributed by atoms with E-state index in [1.807, 2.05) is 37.3 Å². The molecule has 0 aliphatic carbocycles. The van der Waals surface area contributed by atoms with Crippen LogP contribution in [0.5, 0.6) is 0 Å². The number of benzene rings is 2. The summed E-state index contributed by atoms with van der Waals surface area (Å²) < 4.78 is 12.9. The third kappa shape index (κ3) is 5.17. The fourth-order valence-electron chi connectivity index (χ4n) is 2.00. The number of aryl methyl sites for hydroxylation is 2. The molecule has 0 bridgehead atoms. The quantitative estimate of drug-likeness (QED) is 0.572. The smallest absolute Gasteiger partial charge is 0.115 e. The van der Waals surface area contributed by atoms with Gasteiger partial charge in [0.15, 0.2) is 0 Å². The molecule has 0 saturated carbocycles. The monoisotopic (exact) mass is 296 g/mol. The van der Waals surface area contributed by atoms with Crippen molar-refractivity contribution in [1.29, 1.82) is 0 Å². The summed E-state index contributed by atoms with van der Waals surface area (Å²) in [5.74, 6) is 0. The molecule has 0 atom stereocenters. The van der Waals surface area contributed by atoms with Crippen LogP contribution in [0.15, 0.2) is 75.4 Å². The molecule has 0 spiro atoms. The van der Waals surface area contributed by atoms with E-state index in [1.54, 1.807) is 0 Å². The summed E-state index contributed by atoms with van der Waals surface area (Å²) in [4.78, 5) is 0. The van der Waals surface area contributed by atoms with Crippen molar-refractivity contribution < 1.29 is 4.39 Å². The molecular weight excluding hydrogens is 271 g/mol. The van der Waals surface area contributed by atoms with E-state index in [4.69, 9.17) is 0 Å². The van der Waals surface area contributed by atoms with Crippen LogP contribution in [0.2, 0.25) is 0 Å². The number of alkyl halides is 1. The summed E-state index contributed by atoms with van der Waals surface area (Å²) in [6.45, 7) is 19.7. The van der Waals surface area contributed by atoms with Crippen molar-refractivity contribution in [2.75, 3.05) is 0 Å². The van der Waals surface area contributed by atoms with Crippen LogP contribution in [0.1, 0.15) is 27.8 Å². The van der Waals surface area contributed by atoms with Crippen molar-refractivity contribution in [3.8, 4) is 0 Å². The van der Waals surface area contributed by atoms with Crippen molar-refractivity contribution in [3.63, 3.8) is 0 Å². The van der Waals surface area contributed by atoms with Crippen LogP contribution in [0.4, 0.5) is 4.39 Å². The molecule has 22 heavy (non-hydrogen) atoms. The predicted octanol–water partition coefficient (Wildman–Crippen LogP) is 6.44. The molecule has 0 aromatic heterocycles. The minimum Gasteiger partial charge on any atom is -0.246 e. The summed E-state index contributed by atoms with van der Waals surface area (Å²) in [6, 6.07) is 14.0. The average Bonchev–Trinajstić information content (AvgIpc) is 2.58. The number of halogens is 1. The Hall–Kier alpha value is -2.41. The van der Waals surface area contributed by atoms with E-state index in [0.29, 0.717) is 0 Å². The zero-order valence-corrected chi connectivity index (χ0v) is 13.7. The third-order valence-electron chi connectivity index (χ3n) is 3.21. The van der Waals surface area contributed by atoms with E-state index in [-0.39, 0.29) is 0 Å². The minimum atomic E-state index is -0.430. The zero-order valence-electron chi connectivity index (χ0n) is 13.7. The van der Waals surface area contributed by atoms with Crippen LogP contribution >= 0.6 is 0 Å². The highest BCUT2D eigenvalue weighted by molar-refractivity contribution is 5.78. The van der Waals surface area contributed by atoms with Crippen molar-refractivity contribution in [2.24, 2.45) is 0 Å². The van der Waals surface area contributed by atoms with Gasteiger partial charge in [-0.3, -0.25) is 0 Å². The molecule has 0 nitrogen and oxygen atoms in total. The first kappa shape index (κ1) is 19.6. The van der Waals surface area contributed by atoms with Gasteiger partial charge in [-0.15, -0.1) is 26.3 Å². The summed E-state index contributed by atoms with van der Waals surface area (Å²) in [5.41, 5.74) is 5.93. The first-order valence-electron chi connectivity index (χ1n) is 7.03.